The Bertz CT molecular complexity index is 1350. The van der Waals surface area contributed by atoms with Crippen molar-refractivity contribution in [2.75, 3.05) is 69.0 Å². The van der Waals surface area contributed by atoms with E-state index in [0.717, 1.165) is 64.0 Å². The van der Waals surface area contributed by atoms with E-state index in [2.05, 4.69) is 15.1 Å². The average molecular weight is 609 g/mol. The first-order valence-corrected chi connectivity index (χ1v) is 16.5. The molecule has 6 rings (SSSR count). The number of aliphatic hydroxyl groups is 1. The van der Waals surface area contributed by atoms with Gasteiger partial charge in [-0.15, -0.1) is 0 Å². The van der Waals surface area contributed by atoms with Crippen molar-refractivity contribution in [1.82, 2.24) is 19.8 Å². The first kappa shape index (κ1) is 29.9. The largest absolute Gasteiger partial charge is 0.611 e. The lowest BCUT2D eigenvalue weighted by Gasteiger charge is -2.43. The number of benzene rings is 1. The number of rotatable bonds is 9. The molecule has 3 fully saturated rings. The monoisotopic (exact) mass is 608 g/mol. The quantitative estimate of drug-likeness (QED) is 0.247. The molecular weight excluding hydrogens is 568 g/mol. The summed E-state index contributed by atoms with van der Waals surface area (Å²) >= 11 is -1.11. The third-order valence-corrected chi connectivity index (χ3v) is 10.8. The number of piperazine rings is 1. The van der Waals surface area contributed by atoms with Gasteiger partial charge in [-0.25, -0.2) is 4.98 Å². The van der Waals surface area contributed by atoms with Crippen molar-refractivity contribution in [3.05, 3.63) is 47.7 Å². The van der Waals surface area contributed by atoms with Crippen molar-refractivity contribution in [1.29, 1.82) is 0 Å². The SMILES string of the molecule is COc1ccc(C(=O)/C=C/C(=O)N2CCN(C3CCN(c4nc5c(c(NC6(CO)CCC6)n4)[S@+]([O-])CC5)CC3)CC2)cc1. The number of piperidine rings is 1. The molecule has 4 heterocycles. The van der Waals surface area contributed by atoms with Crippen LogP contribution in [0.4, 0.5) is 11.8 Å². The Morgan fingerprint density at radius 2 is 1.81 bits per heavy atom. The molecule has 12 heteroatoms. The number of aliphatic hydroxyl groups excluding tert-OH is 1. The van der Waals surface area contributed by atoms with Crippen LogP contribution in [0.5, 0.6) is 5.75 Å². The lowest BCUT2D eigenvalue weighted by atomic mass is 9.77. The maximum atomic E-state index is 12.8. The summed E-state index contributed by atoms with van der Waals surface area (Å²) in [5.74, 6) is 2.21. The maximum absolute atomic E-state index is 12.8. The number of methoxy groups -OCH3 is 1. The van der Waals surface area contributed by atoms with Gasteiger partial charge in [0.2, 0.25) is 16.8 Å². The summed E-state index contributed by atoms with van der Waals surface area (Å²) in [6.07, 6.45) is 8.18. The van der Waals surface area contributed by atoms with E-state index in [1.54, 1.807) is 31.4 Å². The number of carbonyl (C=O) groups is 2. The zero-order chi connectivity index (χ0) is 30.0. The molecule has 0 spiro atoms. The Hall–Kier alpha value is -3.19. The molecule has 0 bridgehead atoms. The van der Waals surface area contributed by atoms with E-state index in [1.807, 2.05) is 4.90 Å². The first-order valence-electron chi connectivity index (χ1n) is 15.2. The van der Waals surface area contributed by atoms with Crippen molar-refractivity contribution < 1.29 is 24.0 Å². The number of allylic oxidation sites excluding steroid dienone is 1. The van der Waals surface area contributed by atoms with Gasteiger partial charge in [0.15, 0.2) is 11.6 Å². The fourth-order valence-corrected chi connectivity index (χ4v) is 7.74. The van der Waals surface area contributed by atoms with E-state index in [0.29, 0.717) is 59.3 Å². The van der Waals surface area contributed by atoms with Gasteiger partial charge in [-0.2, -0.15) is 4.98 Å². The van der Waals surface area contributed by atoms with Gasteiger partial charge >= 0.3 is 0 Å². The molecule has 1 atom stereocenters. The van der Waals surface area contributed by atoms with Gasteiger partial charge < -0.3 is 29.5 Å². The number of nitrogens with one attached hydrogen (secondary N) is 1. The molecule has 43 heavy (non-hydrogen) atoms. The Kier molecular flexibility index (Phi) is 8.90. The maximum Gasteiger partial charge on any atom is 0.246 e. The third kappa shape index (κ3) is 6.38. The van der Waals surface area contributed by atoms with Crippen LogP contribution in [-0.2, 0) is 22.4 Å². The Balaban J connectivity index is 1.01. The van der Waals surface area contributed by atoms with Crippen LogP contribution in [0.15, 0.2) is 41.3 Å². The highest BCUT2D eigenvalue weighted by Gasteiger charge is 2.41. The number of aryl methyl sites for hydroxylation is 1. The van der Waals surface area contributed by atoms with E-state index in [9.17, 15) is 19.2 Å². The number of fused-ring (bicyclic) bond motifs is 1. The highest BCUT2D eigenvalue weighted by molar-refractivity contribution is 7.91. The Morgan fingerprint density at radius 1 is 1.09 bits per heavy atom. The van der Waals surface area contributed by atoms with Crippen LogP contribution in [0, 0.1) is 0 Å². The molecule has 2 saturated heterocycles. The number of carbonyl (C=O) groups excluding carboxylic acids is 2. The number of nitrogens with zero attached hydrogens (tertiary/aromatic N) is 5. The molecule has 1 aliphatic carbocycles. The summed E-state index contributed by atoms with van der Waals surface area (Å²) in [6, 6.07) is 7.26. The number of amides is 1. The van der Waals surface area contributed by atoms with Gasteiger partial charge in [-0.1, -0.05) is 0 Å². The molecule has 0 unspecified atom stereocenters. The third-order valence-electron chi connectivity index (χ3n) is 9.31. The summed E-state index contributed by atoms with van der Waals surface area (Å²) in [5, 5.41) is 13.5. The van der Waals surface area contributed by atoms with Gasteiger partial charge in [-0.05, 0) is 73.6 Å². The molecule has 1 aromatic heterocycles. The second-order valence-corrected chi connectivity index (χ2v) is 13.4. The average Bonchev–Trinajstić information content (AvgIpc) is 3.42. The van der Waals surface area contributed by atoms with Crippen molar-refractivity contribution in [3.63, 3.8) is 0 Å². The molecule has 2 aromatic rings. The highest BCUT2D eigenvalue weighted by atomic mass is 32.2. The summed E-state index contributed by atoms with van der Waals surface area (Å²) in [4.78, 5) is 42.1. The number of aromatic nitrogens is 2. The van der Waals surface area contributed by atoms with E-state index < -0.39 is 11.2 Å². The van der Waals surface area contributed by atoms with Crippen LogP contribution in [0.2, 0.25) is 0 Å². The van der Waals surface area contributed by atoms with Gasteiger partial charge in [0, 0.05) is 63.4 Å². The standard InChI is InChI=1S/C31H40N6O5S/c1-42-24-5-3-22(4-6-24)26(39)7-8-27(40)36-18-16-35(17-19-36)23-9-14-37(15-10-23)30-32-25-11-20-43(41)28(25)29(33-30)34-31(21-38)12-2-13-31/h3-8,23,38H,2,9-21H2,1H3,(H,32,33,34)/b8-7+/t43-/m1/s1. The molecule has 1 saturated carbocycles. The van der Waals surface area contributed by atoms with Crippen molar-refractivity contribution in [2.24, 2.45) is 0 Å². The second kappa shape index (κ2) is 12.8. The van der Waals surface area contributed by atoms with E-state index in [4.69, 9.17) is 14.7 Å². The molecule has 4 aliphatic rings. The van der Waals surface area contributed by atoms with E-state index in [-0.39, 0.29) is 23.8 Å². The van der Waals surface area contributed by atoms with Crippen molar-refractivity contribution >= 4 is 34.6 Å². The van der Waals surface area contributed by atoms with E-state index >= 15 is 0 Å². The first-order chi connectivity index (χ1) is 20.9. The summed E-state index contributed by atoms with van der Waals surface area (Å²) in [6.45, 7) is 4.55. The highest BCUT2D eigenvalue weighted by Crippen LogP contribution is 2.39. The van der Waals surface area contributed by atoms with Crippen molar-refractivity contribution in [2.45, 2.75) is 55.0 Å². The number of ether oxygens (including phenoxy) is 1. The number of ketones is 1. The molecule has 11 nitrogen and oxygen atoms in total. The summed E-state index contributed by atoms with van der Waals surface area (Å²) in [7, 11) is 1.58. The van der Waals surface area contributed by atoms with Crippen LogP contribution < -0.4 is 15.0 Å². The number of hydrogen-bond acceptors (Lipinski definition) is 10. The fraction of sp³-hybridized carbons (Fsp3) is 0.548. The molecule has 0 radical (unpaired) electrons. The lowest BCUT2D eigenvalue weighted by molar-refractivity contribution is -0.128. The smallest absolute Gasteiger partial charge is 0.246 e. The van der Waals surface area contributed by atoms with Crippen LogP contribution in [0.25, 0.3) is 0 Å². The molecule has 3 aliphatic heterocycles. The minimum atomic E-state index is -1.11. The van der Waals surface area contributed by atoms with Crippen molar-refractivity contribution in [3.8, 4) is 5.75 Å². The normalized spacial score (nSPS) is 22.3. The molecular formula is C31H40N6O5S. The second-order valence-electron chi connectivity index (χ2n) is 11.9. The molecule has 1 amide bonds. The van der Waals surface area contributed by atoms with Gasteiger partial charge in [0.25, 0.3) is 0 Å². The molecule has 1 aromatic carbocycles. The van der Waals surface area contributed by atoms with Crippen LogP contribution in [-0.4, -0.2) is 111 Å². The summed E-state index contributed by atoms with van der Waals surface area (Å²) < 4.78 is 17.9. The topological polar surface area (TPSA) is 134 Å². The predicted molar refractivity (Wildman–Crippen MR) is 164 cm³/mol. The number of anilines is 2. The van der Waals surface area contributed by atoms with Crippen LogP contribution in [0.1, 0.15) is 48.2 Å². The Labute approximate surface area is 255 Å². The predicted octanol–water partition coefficient (Wildman–Crippen LogP) is 2.03. The minimum absolute atomic E-state index is 0.0378. The number of hydrogen-bond donors (Lipinski definition) is 2. The molecule has 230 valence electrons. The summed E-state index contributed by atoms with van der Waals surface area (Å²) in [5.41, 5.74) is 1.01. The Morgan fingerprint density at radius 3 is 2.44 bits per heavy atom. The van der Waals surface area contributed by atoms with Gasteiger partial charge in [-0.3, -0.25) is 14.5 Å². The van der Waals surface area contributed by atoms with Crippen LogP contribution >= 0.6 is 0 Å². The minimum Gasteiger partial charge on any atom is -0.611 e. The van der Waals surface area contributed by atoms with Gasteiger partial charge in [0.1, 0.15) is 17.2 Å². The zero-order valence-corrected chi connectivity index (χ0v) is 25.5. The zero-order valence-electron chi connectivity index (χ0n) is 24.7. The van der Waals surface area contributed by atoms with Gasteiger partial charge in [0.05, 0.1) is 19.3 Å². The lowest BCUT2D eigenvalue weighted by Crippen LogP contribution is -2.54. The fourth-order valence-electron chi connectivity index (χ4n) is 6.43. The van der Waals surface area contributed by atoms with E-state index in [1.165, 1.54) is 12.2 Å². The van der Waals surface area contributed by atoms with Crippen LogP contribution in [0.3, 0.4) is 0 Å². The molecule has 2 N–H and O–H groups in total.